The lowest BCUT2D eigenvalue weighted by atomic mass is 9.87. The maximum absolute atomic E-state index is 12.4. The van der Waals surface area contributed by atoms with Crippen LogP contribution in [0.4, 0.5) is 10.5 Å². The van der Waals surface area contributed by atoms with Crippen molar-refractivity contribution in [3.8, 4) is 0 Å². The Morgan fingerprint density at radius 3 is 2.40 bits per heavy atom. The number of hydrogen-bond donors (Lipinski definition) is 2. The van der Waals surface area contributed by atoms with Crippen molar-refractivity contribution in [1.82, 2.24) is 9.88 Å². The molecule has 132 valence electrons. The summed E-state index contributed by atoms with van der Waals surface area (Å²) >= 11 is 11.9. The third-order valence-corrected chi connectivity index (χ3v) is 4.82. The molecule has 0 bridgehead atoms. The van der Waals surface area contributed by atoms with E-state index in [9.17, 15) is 9.90 Å². The van der Waals surface area contributed by atoms with Gasteiger partial charge >= 0.3 is 6.03 Å². The summed E-state index contributed by atoms with van der Waals surface area (Å²) in [6, 6.07) is 8.43. The van der Waals surface area contributed by atoms with Crippen molar-refractivity contribution >= 4 is 34.9 Å². The number of rotatable bonds is 2. The fraction of sp³-hybridized carbons (Fsp3) is 0.333. The molecule has 1 aromatic carbocycles. The lowest BCUT2D eigenvalue weighted by Gasteiger charge is -2.37. The smallest absolute Gasteiger partial charge is 0.321 e. The van der Waals surface area contributed by atoms with Crippen LogP contribution in [0.2, 0.25) is 10.0 Å². The minimum absolute atomic E-state index is 0.239. The van der Waals surface area contributed by atoms with Crippen molar-refractivity contribution in [3.63, 3.8) is 0 Å². The number of urea groups is 1. The zero-order valence-electron chi connectivity index (χ0n) is 13.8. The van der Waals surface area contributed by atoms with E-state index in [2.05, 4.69) is 10.3 Å². The Morgan fingerprint density at radius 1 is 1.20 bits per heavy atom. The molecule has 5 nitrogen and oxygen atoms in total. The molecule has 0 radical (unpaired) electrons. The molecule has 2 amide bonds. The number of aryl methyl sites for hydroxylation is 1. The molecule has 0 aliphatic carbocycles. The summed E-state index contributed by atoms with van der Waals surface area (Å²) in [4.78, 5) is 18.4. The number of pyridine rings is 1. The third-order valence-electron chi connectivity index (χ3n) is 4.38. The molecule has 0 atom stereocenters. The number of likely N-dealkylation sites (tertiary alicyclic amines) is 1. The first-order valence-electron chi connectivity index (χ1n) is 8.03. The summed E-state index contributed by atoms with van der Waals surface area (Å²) in [5.41, 5.74) is 1.25. The van der Waals surface area contributed by atoms with Crippen LogP contribution in [0.5, 0.6) is 0 Å². The van der Waals surface area contributed by atoms with Gasteiger partial charge in [-0.05, 0) is 49.6 Å². The van der Waals surface area contributed by atoms with E-state index in [1.54, 1.807) is 29.3 Å². The van der Waals surface area contributed by atoms with Crippen molar-refractivity contribution in [2.45, 2.75) is 25.4 Å². The van der Waals surface area contributed by atoms with Gasteiger partial charge < -0.3 is 15.3 Å². The van der Waals surface area contributed by atoms with Crippen molar-refractivity contribution in [2.75, 3.05) is 18.4 Å². The molecule has 0 spiro atoms. The van der Waals surface area contributed by atoms with Gasteiger partial charge in [-0.15, -0.1) is 0 Å². The van der Waals surface area contributed by atoms with Crippen LogP contribution in [-0.2, 0) is 5.60 Å². The number of nitrogens with zero attached hydrogens (tertiary/aromatic N) is 2. The number of anilines is 1. The number of carbonyl (C=O) groups excluding carboxylic acids is 1. The van der Waals surface area contributed by atoms with E-state index in [1.807, 2.05) is 19.1 Å². The maximum atomic E-state index is 12.4. The molecule has 1 aromatic heterocycles. The Kier molecular flexibility index (Phi) is 5.18. The minimum atomic E-state index is -0.996. The second kappa shape index (κ2) is 7.20. The number of aromatic nitrogens is 1. The first kappa shape index (κ1) is 18.0. The standard InChI is InChI=1S/C18H19Cl2N3O2/c1-12-2-3-16(21-11-12)18(25)4-6-23(7-5-18)17(24)22-15-9-13(19)8-14(20)10-15/h2-3,8-11,25H,4-7H2,1H3,(H,22,24). The highest BCUT2D eigenvalue weighted by Crippen LogP contribution is 2.32. The topological polar surface area (TPSA) is 65.5 Å². The highest BCUT2D eigenvalue weighted by atomic mass is 35.5. The molecule has 7 heteroatoms. The fourth-order valence-corrected chi connectivity index (χ4v) is 3.43. The van der Waals surface area contributed by atoms with Gasteiger partial charge in [0.15, 0.2) is 0 Å². The zero-order chi connectivity index (χ0) is 18.0. The average Bonchev–Trinajstić information content (AvgIpc) is 2.55. The summed E-state index contributed by atoms with van der Waals surface area (Å²) in [5, 5.41) is 14.5. The van der Waals surface area contributed by atoms with Crippen molar-refractivity contribution < 1.29 is 9.90 Å². The number of carbonyl (C=O) groups is 1. The molecule has 3 rings (SSSR count). The average molecular weight is 380 g/mol. The van der Waals surface area contributed by atoms with E-state index >= 15 is 0 Å². The minimum Gasteiger partial charge on any atom is -0.383 e. The van der Waals surface area contributed by atoms with E-state index in [0.29, 0.717) is 47.4 Å². The first-order chi connectivity index (χ1) is 11.9. The number of hydrogen-bond acceptors (Lipinski definition) is 3. The molecule has 2 N–H and O–H groups in total. The molecule has 1 saturated heterocycles. The SMILES string of the molecule is Cc1ccc(C2(O)CCN(C(=O)Nc3cc(Cl)cc(Cl)c3)CC2)nc1. The van der Waals surface area contributed by atoms with Crippen molar-refractivity contribution in [2.24, 2.45) is 0 Å². The third kappa shape index (κ3) is 4.24. The van der Waals surface area contributed by atoms with Crippen molar-refractivity contribution in [1.29, 1.82) is 0 Å². The highest BCUT2D eigenvalue weighted by Gasteiger charge is 2.36. The zero-order valence-corrected chi connectivity index (χ0v) is 15.3. The molecule has 2 heterocycles. The van der Waals surface area contributed by atoms with E-state index in [1.165, 1.54) is 0 Å². The number of aliphatic hydroxyl groups is 1. The van der Waals surface area contributed by atoms with Gasteiger partial charge in [-0.25, -0.2) is 4.79 Å². The lowest BCUT2D eigenvalue weighted by Crippen LogP contribution is -2.47. The van der Waals surface area contributed by atoms with Crippen LogP contribution in [0.3, 0.4) is 0 Å². The molecule has 0 unspecified atom stereocenters. The van der Waals surface area contributed by atoms with E-state index in [-0.39, 0.29) is 6.03 Å². The molecular weight excluding hydrogens is 361 g/mol. The Morgan fingerprint density at radius 2 is 1.84 bits per heavy atom. The van der Waals surface area contributed by atoms with Crippen LogP contribution in [0.25, 0.3) is 0 Å². The molecule has 0 saturated carbocycles. The van der Waals surface area contributed by atoms with Gasteiger partial charge in [0.2, 0.25) is 0 Å². The largest absolute Gasteiger partial charge is 0.383 e. The molecule has 1 aliphatic rings. The highest BCUT2D eigenvalue weighted by molar-refractivity contribution is 6.35. The van der Waals surface area contributed by atoms with Gasteiger partial charge in [-0.3, -0.25) is 4.98 Å². The van der Waals surface area contributed by atoms with Gasteiger partial charge in [-0.2, -0.15) is 0 Å². The van der Waals surface area contributed by atoms with Crippen LogP contribution >= 0.6 is 23.2 Å². The predicted octanol–water partition coefficient (Wildman–Crippen LogP) is 4.21. The second-order valence-corrected chi connectivity index (χ2v) is 7.20. The number of benzene rings is 1. The summed E-state index contributed by atoms with van der Waals surface area (Å²) in [6.07, 6.45) is 2.62. The van der Waals surface area contributed by atoms with E-state index < -0.39 is 5.60 Å². The van der Waals surface area contributed by atoms with Crippen LogP contribution in [0.15, 0.2) is 36.5 Å². The Labute approximate surface area is 156 Å². The van der Waals surface area contributed by atoms with Gasteiger partial charge in [0.25, 0.3) is 0 Å². The Hall–Kier alpha value is -1.82. The van der Waals surface area contributed by atoms with Crippen LogP contribution in [-0.4, -0.2) is 34.1 Å². The summed E-state index contributed by atoms with van der Waals surface area (Å²) < 4.78 is 0. The van der Waals surface area contributed by atoms with Gasteiger partial charge in [0, 0.05) is 35.0 Å². The molecule has 1 aliphatic heterocycles. The first-order valence-corrected chi connectivity index (χ1v) is 8.79. The van der Waals surface area contributed by atoms with Gasteiger partial charge in [-0.1, -0.05) is 29.3 Å². The summed E-state index contributed by atoms with van der Waals surface area (Å²) in [7, 11) is 0. The summed E-state index contributed by atoms with van der Waals surface area (Å²) in [5.74, 6) is 0. The van der Waals surface area contributed by atoms with Gasteiger partial charge in [0.05, 0.1) is 5.69 Å². The molecule has 1 fully saturated rings. The monoisotopic (exact) mass is 379 g/mol. The normalized spacial score (nSPS) is 16.6. The second-order valence-electron chi connectivity index (χ2n) is 6.33. The van der Waals surface area contributed by atoms with E-state index in [4.69, 9.17) is 23.2 Å². The Balaban J connectivity index is 1.63. The van der Waals surface area contributed by atoms with Crippen LogP contribution in [0, 0.1) is 6.92 Å². The number of halogens is 2. The molecule has 2 aromatic rings. The number of nitrogens with one attached hydrogen (secondary N) is 1. The van der Waals surface area contributed by atoms with Crippen LogP contribution < -0.4 is 5.32 Å². The van der Waals surface area contributed by atoms with Crippen LogP contribution in [0.1, 0.15) is 24.1 Å². The molecule has 25 heavy (non-hydrogen) atoms. The maximum Gasteiger partial charge on any atom is 0.321 e. The molecular formula is C18H19Cl2N3O2. The fourth-order valence-electron chi connectivity index (χ4n) is 2.91. The lowest BCUT2D eigenvalue weighted by molar-refractivity contribution is -0.0193. The van der Waals surface area contributed by atoms with Gasteiger partial charge in [0.1, 0.15) is 5.60 Å². The summed E-state index contributed by atoms with van der Waals surface area (Å²) in [6.45, 7) is 2.83. The van der Waals surface area contributed by atoms with Crippen molar-refractivity contribution in [3.05, 3.63) is 57.8 Å². The number of amides is 2. The quantitative estimate of drug-likeness (QED) is 0.820. The predicted molar refractivity (Wildman–Crippen MR) is 99.2 cm³/mol. The Bertz CT molecular complexity index is 752. The number of piperidine rings is 1. The van der Waals surface area contributed by atoms with E-state index in [0.717, 1.165) is 5.56 Å².